The third kappa shape index (κ3) is 8.03. The first kappa shape index (κ1) is 27.6. The van der Waals surface area contributed by atoms with E-state index in [9.17, 15) is 23.1 Å². The van der Waals surface area contributed by atoms with E-state index in [1.54, 1.807) is 6.08 Å². The molecule has 3 rings (SSSR count). The van der Waals surface area contributed by atoms with Crippen molar-refractivity contribution in [3.05, 3.63) is 114 Å². The Balaban J connectivity index is 1.88. The molecular formula is C28H30N3O5S. The minimum Gasteiger partial charge on any atom is -0.391 e. The SMILES string of the molecule is [CH2]C(O)C(Cc1ccccc1)NC(=O)c1cc(C(=O)NC=Cc2ccccc2)cc(N(C)S(C)(=O)=O)c1. The highest BCUT2D eigenvalue weighted by atomic mass is 32.2. The van der Waals surface area contributed by atoms with Crippen molar-refractivity contribution in [3.8, 4) is 0 Å². The average molecular weight is 521 g/mol. The Morgan fingerprint density at radius 1 is 0.973 bits per heavy atom. The molecule has 8 nitrogen and oxygen atoms in total. The van der Waals surface area contributed by atoms with E-state index in [1.807, 2.05) is 60.7 Å². The molecule has 2 amide bonds. The molecule has 0 spiro atoms. The zero-order chi connectivity index (χ0) is 27.0. The third-order valence-corrected chi connectivity index (χ3v) is 6.88. The molecule has 0 heterocycles. The molecule has 2 unspecified atom stereocenters. The van der Waals surface area contributed by atoms with Gasteiger partial charge in [0.25, 0.3) is 11.8 Å². The van der Waals surface area contributed by atoms with Gasteiger partial charge in [0.1, 0.15) is 0 Å². The maximum absolute atomic E-state index is 13.2. The van der Waals surface area contributed by atoms with Crippen LogP contribution in [0.4, 0.5) is 5.69 Å². The largest absolute Gasteiger partial charge is 0.391 e. The molecular weight excluding hydrogens is 490 g/mol. The van der Waals surface area contributed by atoms with Gasteiger partial charge in [-0.1, -0.05) is 60.7 Å². The Morgan fingerprint density at radius 2 is 1.54 bits per heavy atom. The number of amides is 2. The van der Waals surface area contributed by atoms with E-state index in [1.165, 1.54) is 31.4 Å². The van der Waals surface area contributed by atoms with Gasteiger partial charge in [-0.3, -0.25) is 13.9 Å². The minimum absolute atomic E-state index is 0.0592. The van der Waals surface area contributed by atoms with Crippen LogP contribution in [0.5, 0.6) is 0 Å². The van der Waals surface area contributed by atoms with E-state index in [2.05, 4.69) is 17.6 Å². The monoisotopic (exact) mass is 520 g/mol. The summed E-state index contributed by atoms with van der Waals surface area (Å²) in [6, 6.07) is 22.1. The number of nitrogens with one attached hydrogen (secondary N) is 2. The van der Waals surface area contributed by atoms with Gasteiger partial charge < -0.3 is 15.7 Å². The highest BCUT2D eigenvalue weighted by Crippen LogP contribution is 2.21. The molecule has 0 bridgehead atoms. The van der Waals surface area contributed by atoms with Crippen molar-refractivity contribution >= 4 is 33.6 Å². The summed E-state index contributed by atoms with van der Waals surface area (Å²) in [5.41, 5.74) is 2.06. The summed E-state index contributed by atoms with van der Waals surface area (Å²) in [6.07, 6.45) is 3.44. The fourth-order valence-electron chi connectivity index (χ4n) is 3.51. The van der Waals surface area contributed by atoms with Gasteiger partial charge in [0.05, 0.1) is 24.1 Å². The van der Waals surface area contributed by atoms with Crippen LogP contribution in [0, 0.1) is 6.92 Å². The van der Waals surface area contributed by atoms with Crippen molar-refractivity contribution in [1.82, 2.24) is 10.6 Å². The number of carbonyl (C=O) groups excluding carboxylic acids is 2. The number of nitrogens with zero attached hydrogens (tertiary/aromatic N) is 1. The highest BCUT2D eigenvalue weighted by molar-refractivity contribution is 7.92. The Bertz CT molecular complexity index is 1360. The number of rotatable bonds is 10. The van der Waals surface area contributed by atoms with Gasteiger partial charge in [-0.25, -0.2) is 8.42 Å². The van der Waals surface area contributed by atoms with Crippen molar-refractivity contribution in [3.63, 3.8) is 0 Å². The Kier molecular flexibility index (Phi) is 9.21. The van der Waals surface area contributed by atoms with Crippen LogP contribution in [0.15, 0.2) is 85.1 Å². The van der Waals surface area contributed by atoms with E-state index in [0.717, 1.165) is 21.7 Å². The van der Waals surface area contributed by atoms with Gasteiger partial charge in [-0.05, 0) is 48.7 Å². The molecule has 37 heavy (non-hydrogen) atoms. The van der Waals surface area contributed by atoms with E-state index in [0.29, 0.717) is 6.42 Å². The van der Waals surface area contributed by atoms with Gasteiger partial charge in [0.15, 0.2) is 0 Å². The van der Waals surface area contributed by atoms with Crippen molar-refractivity contribution in [1.29, 1.82) is 0 Å². The van der Waals surface area contributed by atoms with Crippen molar-refractivity contribution in [2.45, 2.75) is 18.6 Å². The molecule has 0 fully saturated rings. The van der Waals surface area contributed by atoms with Crippen LogP contribution in [0.3, 0.4) is 0 Å². The van der Waals surface area contributed by atoms with E-state index in [-0.39, 0.29) is 16.8 Å². The second kappa shape index (κ2) is 12.3. The van der Waals surface area contributed by atoms with Crippen LogP contribution in [0.25, 0.3) is 6.08 Å². The molecule has 0 aliphatic rings. The van der Waals surface area contributed by atoms with Gasteiger partial charge in [-0.2, -0.15) is 0 Å². The van der Waals surface area contributed by atoms with Gasteiger partial charge in [0.2, 0.25) is 10.0 Å². The normalized spacial score (nSPS) is 13.1. The molecule has 3 aromatic carbocycles. The number of aliphatic hydroxyl groups excluding tert-OH is 1. The summed E-state index contributed by atoms with van der Waals surface area (Å²) >= 11 is 0. The van der Waals surface area contributed by atoms with Crippen LogP contribution in [0.1, 0.15) is 31.8 Å². The Labute approximate surface area is 217 Å². The molecule has 9 heteroatoms. The zero-order valence-corrected chi connectivity index (χ0v) is 21.5. The van der Waals surface area contributed by atoms with Crippen molar-refractivity contribution in [2.75, 3.05) is 17.6 Å². The topological polar surface area (TPSA) is 116 Å². The third-order valence-electron chi connectivity index (χ3n) is 5.67. The fraction of sp³-hybridized carbons (Fsp3) is 0.179. The number of carbonyl (C=O) groups is 2. The van der Waals surface area contributed by atoms with Crippen LogP contribution in [-0.4, -0.2) is 50.8 Å². The number of sulfonamides is 1. The summed E-state index contributed by atoms with van der Waals surface area (Å²) in [5, 5.41) is 15.6. The molecule has 3 N–H and O–H groups in total. The van der Waals surface area contributed by atoms with E-state index >= 15 is 0 Å². The lowest BCUT2D eigenvalue weighted by molar-refractivity contribution is 0.0882. The second-order valence-electron chi connectivity index (χ2n) is 8.55. The molecule has 0 saturated heterocycles. The van der Waals surface area contributed by atoms with Crippen molar-refractivity contribution in [2.24, 2.45) is 0 Å². The predicted molar refractivity (Wildman–Crippen MR) is 145 cm³/mol. The first-order chi connectivity index (χ1) is 17.5. The van der Waals surface area contributed by atoms with Crippen LogP contribution in [-0.2, 0) is 16.4 Å². The Morgan fingerprint density at radius 3 is 2.11 bits per heavy atom. The Hall–Kier alpha value is -3.95. The molecule has 193 valence electrons. The lowest BCUT2D eigenvalue weighted by atomic mass is 10.0. The molecule has 0 aliphatic carbocycles. The average Bonchev–Trinajstić information content (AvgIpc) is 2.88. The van der Waals surface area contributed by atoms with Crippen molar-refractivity contribution < 1.29 is 23.1 Å². The second-order valence-corrected chi connectivity index (χ2v) is 10.6. The summed E-state index contributed by atoms with van der Waals surface area (Å²) in [7, 11) is -2.33. The van der Waals surface area contributed by atoms with Crippen LogP contribution < -0.4 is 14.9 Å². The first-order valence-corrected chi connectivity index (χ1v) is 13.4. The molecule has 1 radical (unpaired) electrons. The minimum atomic E-state index is -3.67. The van der Waals surface area contributed by atoms with Gasteiger partial charge >= 0.3 is 0 Å². The van der Waals surface area contributed by atoms with Crippen LogP contribution in [0.2, 0.25) is 0 Å². The maximum Gasteiger partial charge on any atom is 0.255 e. The summed E-state index contributed by atoms with van der Waals surface area (Å²) in [6.45, 7) is 3.65. The molecule has 2 atom stereocenters. The lowest BCUT2D eigenvalue weighted by Crippen LogP contribution is -2.43. The smallest absolute Gasteiger partial charge is 0.255 e. The summed E-state index contributed by atoms with van der Waals surface area (Å²) < 4.78 is 25.3. The number of hydrogen-bond acceptors (Lipinski definition) is 5. The first-order valence-electron chi connectivity index (χ1n) is 11.5. The lowest BCUT2D eigenvalue weighted by Gasteiger charge is -2.23. The molecule has 0 aromatic heterocycles. The molecule has 3 aromatic rings. The predicted octanol–water partition coefficient (Wildman–Crippen LogP) is 3.02. The fourth-order valence-corrected chi connectivity index (χ4v) is 4.00. The quantitative estimate of drug-likeness (QED) is 0.380. The number of hydrogen-bond donors (Lipinski definition) is 3. The molecule has 0 saturated carbocycles. The summed E-state index contributed by atoms with van der Waals surface area (Å²) in [5.74, 6) is -1.11. The molecule has 0 aliphatic heterocycles. The summed E-state index contributed by atoms with van der Waals surface area (Å²) in [4.78, 5) is 26.1. The standard InChI is InChI=1S/C28H30N3O5S/c1-20(32)26(16-22-12-8-5-9-13-22)30-28(34)24-17-23(18-25(19-24)31(2)37(3,35)36)27(33)29-15-14-21-10-6-4-7-11-21/h4-15,17-20,26,32H,1,16H2,2-3H3,(H,29,33)(H,30,34). The van der Waals surface area contributed by atoms with Gasteiger partial charge in [0, 0.05) is 24.4 Å². The highest BCUT2D eigenvalue weighted by Gasteiger charge is 2.22. The van der Waals surface area contributed by atoms with Gasteiger partial charge in [-0.15, -0.1) is 0 Å². The number of aliphatic hydroxyl groups is 1. The zero-order valence-electron chi connectivity index (χ0n) is 20.7. The van der Waals surface area contributed by atoms with E-state index in [4.69, 9.17) is 0 Å². The van der Waals surface area contributed by atoms with Crippen LogP contribution >= 0.6 is 0 Å². The van der Waals surface area contributed by atoms with E-state index < -0.39 is 34.0 Å². The maximum atomic E-state index is 13.2. The number of benzene rings is 3. The number of anilines is 1.